The lowest BCUT2D eigenvalue weighted by atomic mass is 10.1. The first-order valence-corrected chi connectivity index (χ1v) is 5.50. The molecule has 0 amide bonds. The van der Waals surface area contributed by atoms with E-state index in [9.17, 15) is 13.9 Å². The van der Waals surface area contributed by atoms with Crippen LogP contribution < -0.4 is 0 Å². The third-order valence-electron chi connectivity index (χ3n) is 2.91. The Morgan fingerprint density at radius 3 is 2.94 bits per heavy atom. The fourth-order valence-corrected chi connectivity index (χ4v) is 2.09. The second-order valence-corrected chi connectivity index (χ2v) is 4.24. The van der Waals surface area contributed by atoms with Gasteiger partial charge in [-0.1, -0.05) is 12.1 Å². The van der Waals surface area contributed by atoms with E-state index in [1.54, 1.807) is 6.07 Å². The number of hydrogen-bond acceptors (Lipinski definition) is 2. The van der Waals surface area contributed by atoms with Crippen molar-refractivity contribution in [1.82, 2.24) is 4.90 Å². The van der Waals surface area contributed by atoms with Crippen LogP contribution in [0.1, 0.15) is 18.4 Å². The summed E-state index contributed by atoms with van der Waals surface area (Å²) in [7, 11) is 0. The standard InChI is InChI=1S/C12H15F2NO/c13-11-5-1-3-9(12(11)14)7-15-6-2-4-10(16)8-15/h1,3,5,10,16H,2,4,6-8H2/t10-/m0/s1. The van der Waals surface area contributed by atoms with Crippen molar-refractivity contribution in [3.05, 3.63) is 35.4 Å². The van der Waals surface area contributed by atoms with Crippen LogP contribution in [-0.4, -0.2) is 29.2 Å². The summed E-state index contributed by atoms with van der Waals surface area (Å²) in [4.78, 5) is 1.95. The molecule has 0 spiro atoms. The zero-order valence-electron chi connectivity index (χ0n) is 9.00. The highest BCUT2D eigenvalue weighted by Gasteiger charge is 2.19. The first-order valence-electron chi connectivity index (χ1n) is 5.50. The predicted molar refractivity (Wildman–Crippen MR) is 56.9 cm³/mol. The number of hydrogen-bond donors (Lipinski definition) is 1. The van der Waals surface area contributed by atoms with Crippen molar-refractivity contribution in [2.45, 2.75) is 25.5 Å². The number of rotatable bonds is 2. The van der Waals surface area contributed by atoms with Crippen molar-refractivity contribution in [3.63, 3.8) is 0 Å². The highest BCUT2D eigenvalue weighted by atomic mass is 19.2. The van der Waals surface area contributed by atoms with Gasteiger partial charge in [-0.15, -0.1) is 0 Å². The number of halogens is 2. The predicted octanol–water partition coefficient (Wildman–Crippen LogP) is 1.92. The summed E-state index contributed by atoms with van der Waals surface area (Å²) in [5, 5.41) is 9.47. The zero-order chi connectivity index (χ0) is 11.5. The summed E-state index contributed by atoms with van der Waals surface area (Å²) in [5.74, 6) is -1.59. The molecule has 0 bridgehead atoms. The third kappa shape index (κ3) is 2.57. The number of aliphatic hydroxyl groups is 1. The molecule has 88 valence electrons. The van der Waals surface area contributed by atoms with E-state index in [0.717, 1.165) is 25.5 Å². The van der Waals surface area contributed by atoms with Crippen LogP contribution in [0.15, 0.2) is 18.2 Å². The Hall–Kier alpha value is -1.00. The van der Waals surface area contributed by atoms with Crippen LogP contribution in [0, 0.1) is 11.6 Å². The van der Waals surface area contributed by atoms with Gasteiger partial charge >= 0.3 is 0 Å². The maximum atomic E-state index is 13.4. The van der Waals surface area contributed by atoms with E-state index in [2.05, 4.69) is 0 Å². The summed E-state index contributed by atoms with van der Waals surface area (Å²) in [6.07, 6.45) is 1.35. The van der Waals surface area contributed by atoms with Crippen molar-refractivity contribution in [1.29, 1.82) is 0 Å². The molecule has 1 aliphatic rings. The number of β-amino-alcohol motifs (C(OH)–C–C–N with tert-alkyl or cyclic N) is 1. The van der Waals surface area contributed by atoms with Crippen LogP contribution in [0.25, 0.3) is 0 Å². The summed E-state index contributed by atoms with van der Waals surface area (Å²) < 4.78 is 26.4. The average Bonchev–Trinajstić information content (AvgIpc) is 2.25. The Balaban J connectivity index is 2.05. The maximum Gasteiger partial charge on any atom is 0.163 e. The minimum Gasteiger partial charge on any atom is -0.392 e. The van der Waals surface area contributed by atoms with Gasteiger partial charge in [-0.2, -0.15) is 0 Å². The van der Waals surface area contributed by atoms with E-state index in [1.807, 2.05) is 4.90 Å². The molecular weight excluding hydrogens is 212 g/mol. The molecule has 1 N–H and O–H groups in total. The summed E-state index contributed by atoms with van der Waals surface area (Å²) in [6, 6.07) is 4.21. The molecule has 1 heterocycles. The number of nitrogens with zero attached hydrogens (tertiary/aromatic N) is 1. The Morgan fingerprint density at radius 1 is 1.38 bits per heavy atom. The molecular formula is C12H15F2NO. The van der Waals surface area contributed by atoms with Crippen LogP contribution in [-0.2, 0) is 6.54 Å². The summed E-state index contributed by atoms with van der Waals surface area (Å²) in [6.45, 7) is 1.73. The number of benzene rings is 1. The highest BCUT2D eigenvalue weighted by Crippen LogP contribution is 2.17. The van der Waals surface area contributed by atoms with Gasteiger partial charge in [0, 0.05) is 18.7 Å². The topological polar surface area (TPSA) is 23.5 Å². The van der Waals surface area contributed by atoms with Crippen LogP contribution >= 0.6 is 0 Å². The van der Waals surface area contributed by atoms with Gasteiger partial charge in [-0.05, 0) is 25.5 Å². The van der Waals surface area contributed by atoms with Gasteiger partial charge in [0.15, 0.2) is 11.6 Å². The van der Waals surface area contributed by atoms with Gasteiger partial charge in [0.25, 0.3) is 0 Å². The molecule has 2 nitrogen and oxygen atoms in total. The zero-order valence-corrected chi connectivity index (χ0v) is 9.00. The van der Waals surface area contributed by atoms with Gasteiger partial charge in [0.2, 0.25) is 0 Å². The van der Waals surface area contributed by atoms with Gasteiger partial charge < -0.3 is 5.11 Å². The van der Waals surface area contributed by atoms with E-state index >= 15 is 0 Å². The van der Waals surface area contributed by atoms with Crippen molar-refractivity contribution in [3.8, 4) is 0 Å². The Bertz CT molecular complexity index is 370. The van der Waals surface area contributed by atoms with Gasteiger partial charge in [0.05, 0.1) is 6.10 Å². The molecule has 4 heteroatoms. The maximum absolute atomic E-state index is 13.4. The molecule has 2 rings (SSSR count). The molecule has 1 aromatic rings. The second kappa shape index (κ2) is 4.89. The van der Waals surface area contributed by atoms with Crippen molar-refractivity contribution < 1.29 is 13.9 Å². The molecule has 0 saturated carbocycles. The molecule has 1 saturated heterocycles. The lowest BCUT2D eigenvalue weighted by Gasteiger charge is -2.30. The summed E-state index contributed by atoms with van der Waals surface area (Å²) in [5.41, 5.74) is 0.356. The minimum absolute atomic E-state index is 0.342. The van der Waals surface area contributed by atoms with E-state index < -0.39 is 11.6 Å². The average molecular weight is 227 g/mol. The van der Waals surface area contributed by atoms with E-state index in [1.165, 1.54) is 6.07 Å². The van der Waals surface area contributed by atoms with Crippen LogP contribution in [0.2, 0.25) is 0 Å². The van der Waals surface area contributed by atoms with Crippen molar-refractivity contribution >= 4 is 0 Å². The van der Waals surface area contributed by atoms with Crippen LogP contribution in [0.3, 0.4) is 0 Å². The van der Waals surface area contributed by atoms with Crippen LogP contribution in [0.4, 0.5) is 8.78 Å². The molecule has 0 aromatic heterocycles. The number of likely N-dealkylation sites (tertiary alicyclic amines) is 1. The molecule has 16 heavy (non-hydrogen) atoms. The SMILES string of the molecule is O[C@H]1CCCN(Cc2cccc(F)c2F)C1. The lowest BCUT2D eigenvalue weighted by Crippen LogP contribution is -2.37. The quantitative estimate of drug-likeness (QED) is 0.834. The fraction of sp³-hybridized carbons (Fsp3) is 0.500. The fourth-order valence-electron chi connectivity index (χ4n) is 2.09. The normalized spacial score (nSPS) is 22.3. The largest absolute Gasteiger partial charge is 0.392 e. The second-order valence-electron chi connectivity index (χ2n) is 4.24. The number of piperidine rings is 1. The summed E-state index contributed by atoms with van der Waals surface area (Å²) >= 11 is 0. The monoisotopic (exact) mass is 227 g/mol. The van der Waals surface area contributed by atoms with E-state index in [0.29, 0.717) is 18.7 Å². The molecule has 1 aliphatic heterocycles. The van der Waals surface area contributed by atoms with Gasteiger partial charge in [-0.25, -0.2) is 8.78 Å². The molecule has 0 radical (unpaired) electrons. The highest BCUT2D eigenvalue weighted by molar-refractivity contribution is 5.18. The minimum atomic E-state index is -0.810. The van der Waals surface area contributed by atoms with Crippen molar-refractivity contribution in [2.75, 3.05) is 13.1 Å². The smallest absolute Gasteiger partial charge is 0.163 e. The Kier molecular flexibility index (Phi) is 3.51. The molecule has 0 unspecified atom stereocenters. The van der Waals surface area contributed by atoms with Gasteiger partial charge in [0.1, 0.15) is 0 Å². The van der Waals surface area contributed by atoms with E-state index in [-0.39, 0.29) is 6.10 Å². The first kappa shape index (κ1) is 11.5. The first-order chi connectivity index (χ1) is 7.66. The lowest BCUT2D eigenvalue weighted by molar-refractivity contribution is 0.0662. The molecule has 1 aromatic carbocycles. The van der Waals surface area contributed by atoms with E-state index in [4.69, 9.17) is 0 Å². The Morgan fingerprint density at radius 2 is 2.19 bits per heavy atom. The number of aliphatic hydroxyl groups excluding tert-OH is 1. The molecule has 0 aliphatic carbocycles. The Labute approximate surface area is 93.5 Å². The van der Waals surface area contributed by atoms with Crippen molar-refractivity contribution in [2.24, 2.45) is 0 Å². The molecule has 1 fully saturated rings. The van der Waals surface area contributed by atoms with Gasteiger partial charge in [-0.3, -0.25) is 4.90 Å². The molecule has 1 atom stereocenters. The third-order valence-corrected chi connectivity index (χ3v) is 2.91. The van der Waals surface area contributed by atoms with Crippen LogP contribution in [0.5, 0.6) is 0 Å².